The fourth-order valence-electron chi connectivity index (χ4n) is 0.140. The number of allylic oxidation sites excluding steroid dienone is 1. The standard InChI is InChI=1S/C4H3N3O/c5-1-3(2-6)4(7)8/h8H,7H2. The molecule has 0 spiro atoms. The predicted octanol–water partition coefficient (Wildman–Crippen LogP) is -0.238. The molecule has 40 valence electrons. The molecule has 0 fully saturated rings. The molecule has 0 aromatic heterocycles. The van der Waals surface area contributed by atoms with E-state index in [0.717, 1.165) is 0 Å². The Morgan fingerprint density at radius 1 is 1.38 bits per heavy atom. The summed E-state index contributed by atoms with van der Waals surface area (Å²) < 4.78 is 0. The molecule has 8 heavy (non-hydrogen) atoms. The van der Waals surface area contributed by atoms with Crippen molar-refractivity contribution in [2.45, 2.75) is 0 Å². The van der Waals surface area contributed by atoms with Crippen LogP contribution >= 0.6 is 0 Å². The van der Waals surface area contributed by atoms with Crippen LogP contribution in [0.3, 0.4) is 0 Å². The van der Waals surface area contributed by atoms with Gasteiger partial charge in [-0.1, -0.05) is 0 Å². The Hall–Kier alpha value is -1.68. The van der Waals surface area contributed by atoms with Gasteiger partial charge in [0.1, 0.15) is 12.1 Å². The second-order valence-corrected chi connectivity index (χ2v) is 0.984. The summed E-state index contributed by atoms with van der Waals surface area (Å²) in [6, 6.07) is 2.79. The van der Waals surface area contributed by atoms with Crippen LogP contribution in [0.4, 0.5) is 0 Å². The first kappa shape index (κ1) is 6.32. The summed E-state index contributed by atoms with van der Waals surface area (Å²) in [7, 11) is 0. The molecule has 0 rings (SSSR count). The molecule has 4 heteroatoms. The minimum absolute atomic E-state index is 0.454. The average molecular weight is 109 g/mol. The lowest BCUT2D eigenvalue weighted by Crippen LogP contribution is -1.97. The number of aliphatic hydroxyl groups excluding tert-OH is 1. The largest absolute Gasteiger partial charge is 0.494 e. The normalized spacial score (nSPS) is 6.25. The second kappa shape index (κ2) is 2.49. The summed E-state index contributed by atoms with van der Waals surface area (Å²) >= 11 is 0. The second-order valence-electron chi connectivity index (χ2n) is 0.984. The number of nitrogens with two attached hydrogens (primary N) is 1. The highest BCUT2D eigenvalue weighted by molar-refractivity contribution is 5.36. The van der Waals surface area contributed by atoms with Crippen molar-refractivity contribution in [1.29, 1.82) is 10.5 Å². The molecule has 0 aromatic rings. The summed E-state index contributed by atoms with van der Waals surface area (Å²) in [5.41, 5.74) is 4.19. The molecule has 0 bridgehead atoms. The molecule has 4 nitrogen and oxygen atoms in total. The topological polar surface area (TPSA) is 93.8 Å². The van der Waals surface area contributed by atoms with Crippen molar-refractivity contribution >= 4 is 0 Å². The Morgan fingerprint density at radius 3 is 1.75 bits per heavy atom. The average Bonchev–Trinajstić information content (AvgIpc) is 1.69. The predicted molar refractivity (Wildman–Crippen MR) is 25.1 cm³/mol. The van der Waals surface area contributed by atoms with Gasteiger partial charge in [-0.25, -0.2) is 0 Å². The van der Waals surface area contributed by atoms with E-state index in [4.69, 9.17) is 15.6 Å². The maximum absolute atomic E-state index is 8.22. The zero-order valence-corrected chi connectivity index (χ0v) is 3.92. The fraction of sp³-hybridized carbons (Fsp3) is 0. The number of aliphatic hydroxyl groups is 1. The van der Waals surface area contributed by atoms with E-state index >= 15 is 0 Å². The van der Waals surface area contributed by atoms with Gasteiger partial charge in [-0.05, 0) is 0 Å². The molecule has 0 aliphatic rings. The molecule has 0 amide bonds. The van der Waals surface area contributed by atoms with Gasteiger partial charge in [0.2, 0.25) is 5.88 Å². The van der Waals surface area contributed by atoms with Crippen LogP contribution in [-0.2, 0) is 0 Å². The van der Waals surface area contributed by atoms with Gasteiger partial charge in [0.05, 0.1) is 0 Å². The molecule has 0 aromatic carbocycles. The summed E-state index contributed by atoms with van der Waals surface area (Å²) in [5.74, 6) is -0.727. The maximum Gasteiger partial charge on any atom is 0.211 e. The van der Waals surface area contributed by atoms with Gasteiger partial charge < -0.3 is 10.8 Å². The highest BCUT2D eigenvalue weighted by atomic mass is 16.3. The van der Waals surface area contributed by atoms with E-state index in [-0.39, 0.29) is 0 Å². The lowest BCUT2D eigenvalue weighted by Gasteiger charge is -1.82. The summed E-state index contributed by atoms with van der Waals surface area (Å²) in [6.07, 6.45) is 0. The van der Waals surface area contributed by atoms with Gasteiger partial charge in [-0.3, -0.25) is 0 Å². The van der Waals surface area contributed by atoms with Gasteiger partial charge in [-0.2, -0.15) is 10.5 Å². The van der Waals surface area contributed by atoms with Gasteiger partial charge in [0, 0.05) is 0 Å². The van der Waals surface area contributed by atoms with E-state index in [9.17, 15) is 0 Å². The third-order valence-corrected chi connectivity index (χ3v) is 0.480. The van der Waals surface area contributed by atoms with Crippen LogP contribution in [0.2, 0.25) is 0 Å². The maximum atomic E-state index is 8.22. The Labute approximate surface area is 46.1 Å². The van der Waals surface area contributed by atoms with Crippen LogP contribution in [0.25, 0.3) is 0 Å². The Kier molecular flexibility index (Phi) is 1.96. The minimum Gasteiger partial charge on any atom is -0.494 e. The van der Waals surface area contributed by atoms with Crippen LogP contribution in [0, 0.1) is 22.7 Å². The number of nitrogens with zero attached hydrogens (tertiary/aromatic N) is 2. The number of hydrogen-bond donors (Lipinski definition) is 2. The molecular weight excluding hydrogens is 106 g/mol. The van der Waals surface area contributed by atoms with Crippen molar-refractivity contribution in [3.05, 3.63) is 11.5 Å². The van der Waals surface area contributed by atoms with Gasteiger partial charge in [0.25, 0.3) is 0 Å². The van der Waals surface area contributed by atoms with E-state index in [2.05, 4.69) is 5.73 Å². The summed E-state index contributed by atoms with van der Waals surface area (Å²) in [5, 5.41) is 24.1. The van der Waals surface area contributed by atoms with Crippen molar-refractivity contribution in [1.82, 2.24) is 0 Å². The van der Waals surface area contributed by atoms with E-state index in [1.807, 2.05) is 0 Å². The van der Waals surface area contributed by atoms with Crippen LogP contribution in [-0.4, -0.2) is 5.11 Å². The molecule has 0 saturated carbocycles. The Bertz CT molecular complexity index is 172. The number of rotatable bonds is 0. The molecule has 0 aliphatic heterocycles. The molecule has 0 aliphatic carbocycles. The first-order valence-corrected chi connectivity index (χ1v) is 1.71. The van der Waals surface area contributed by atoms with Crippen LogP contribution in [0.1, 0.15) is 0 Å². The van der Waals surface area contributed by atoms with Crippen LogP contribution in [0.5, 0.6) is 0 Å². The van der Waals surface area contributed by atoms with Crippen LogP contribution < -0.4 is 5.73 Å². The monoisotopic (exact) mass is 109 g/mol. The minimum atomic E-state index is -0.727. The highest BCUT2D eigenvalue weighted by Crippen LogP contribution is 1.88. The number of nitriles is 2. The SMILES string of the molecule is N#CC(C#N)=C(N)O. The van der Waals surface area contributed by atoms with Gasteiger partial charge in [0.15, 0.2) is 5.57 Å². The number of hydrogen-bond acceptors (Lipinski definition) is 4. The third-order valence-electron chi connectivity index (χ3n) is 0.480. The van der Waals surface area contributed by atoms with Crippen molar-refractivity contribution < 1.29 is 5.11 Å². The first-order chi connectivity index (χ1) is 3.72. The molecule has 0 radical (unpaired) electrons. The van der Waals surface area contributed by atoms with Gasteiger partial charge in [-0.15, -0.1) is 0 Å². The highest BCUT2D eigenvalue weighted by Gasteiger charge is 1.95. The van der Waals surface area contributed by atoms with E-state index in [0.29, 0.717) is 0 Å². The summed E-state index contributed by atoms with van der Waals surface area (Å²) in [6.45, 7) is 0. The van der Waals surface area contributed by atoms with Crippen molar-refractivity contribution in [2.75, 3.05) is 0 Å². The lowest BCUT2D eigenvalue weighted by atomic mass is 10.3. The smallest absolute Gasteiger partial charge is 0.211 e. The first-order valence-electron chi connectivity index (χ1n) is 1.71. The molecule has 0 saturated heterocycles. The zero-order valence-electron chi connectivity index (χ0n) is 3.92. The van der Waals surface area contributed by atoms with E-state index < -0.39 is 11.5 Å². The molecule has 0 heterocycles. The van der Waals surface area contributed by atoms with Gasteiger partial charge >= 0.3 is 0 Å². The van der Waals surface area contributed by atoms with E-state index in [1.165, 1.54) is 12.1 Å². The Morgan fingerprint density at radius 2 is 1.75 bits per heavy atom. The molecule has 0 unspecified atom stereocenters. The molecular formula is C4H3N3O. The molecule has 3 N–H and O–H groups in total. The fourth-order valence-corrected chi connectivity index (χ4v) is 0.140. The van der Waals surface area contributed by atoms with Crippen molar-refractivity contribution in [3.8, 4) is 12.1 Å². The van der Waals surface area contributed by atoms with Crippen LogP contribution in [0.15, 0.2) is 11.5 Å². The molecule has 0 atom stereocenters. The quantitative estimate of drug-likeness (QED) is 0.331. The Balaban J connectivity index is 4.47. The third kappa shape index (κ3) is 1.19. The summed E-state index contributed by atoms with van der Waals surface area (Å²) in [4.78, 5) is 0. The zero-order chi connectivity index (χ0) is 6.57. The van der Waals surface area contributed by atoms with Crippen molar-refractivity contribution in [3.63, 3.8) is 0 Å². The van der Waals surface area contributed by atoms with Crippen molar-refractivity contribution in [2.24, 2.45) is 5.73 Å². The lowest BCUT2D eigenvalue weighted by molar-refractivity contribution is 0.403. The van der Waals surface area contributed by atoms with E-state index in [1.54, 1.807) is 0 Å².